The second-order valence-corrected chi connectivity index (χ2v) is 5.80. The van der Waals surface area contributed by atoms with Gasteiger partial charge in [-0.1, -0.05) is 12.8 Å². The molecule has 1 fully saturated rings. The van der Waals surface area contributed by atoms with Gasteiger partial charge in [0.05, 0.1) is 17.9 Å². The van der Waals surface area contributed by atoms with Crippen LogP contribution in [0.1, 0.15) is 53.5 Å². The van der Waals surface area contributed by atoms with Gasteiger partial charge in [0.15, 0.2) is 0 Å². The molecule has 0 unspecified atom stereocenters. The molecule has 1 aliphatic rings. The lowest BCUT2D eigenvalue weighted by molar-refractivity contribution is 0.0672. The van der Waals surface area contributed by atoms with Crippen LogP contribution in [0.3, 0.4) is 0 Å². The summed E-state index contributed by atoms with van der Waals surface area (Å²) in [5.41, 5.74) is 1.91. The molecule has 1 atom stereocenters. The molecule has 0 radical (unpaired) electrons. The van der Waals surface area contributed by atoms with Gasteiger partial charge in [-0.05, 0) is 38.0 Å². The lowest BCUT2D eigenvalue weighted by Crippen LogP contribution is -2.35. The summed E-state index contributed by atoms with van der Waals surface area (Å²) in [5, 5.41) is 0. The largest absolute Gasteiger partial charge is 0.469 e. The maximum atomic E-state index is 12.9. The van der Waals surface area contributed by atoms with Gasteiger partial charge in [0, 0.05) is 25.5 Å². The standard InChI is InChI=1S/C17H22N2O2/c1-13-14(9-12-21-13)17(20)19-11-5-3-4-7-16(19)15-8-6-10-18(15)2/h6,8-10,12,16H,3-5,7,11H2,1-2H3/t16-/m0/s1. The lowest BCUT2D eigenvalue weighted by Gasteiger charge is -2.30. The molecule has 3 rings (SSSR count). The lowest BCUT2D eigenvalue weighted by atomic mass is 10.1. The van der Waals surface area contributed by atoms with Crippen LogP contribution in [0.15, 0.2) is 35.1 Å². The topological polar surface area (TPSA) is 38.4 Å². The highest BCUT2D eigenvalue weighted by atomic mass is 16.3. The number of carbonyl (C=O) groups is 1. The first kappa shape index (κ1) is 14.0. The van der Waals surface area contributed by atoms with Gasteiger partial charge in [-0.15, -0.1) is 0 Å². The first-order valence-electron chi connectivity index (χ1n) is 7.65. The van der Waals surface area contributed by atoms with Crippen molar-refractivity contribution in [2.45, 2.75) is 38.6 Å². The van der Waals surface area contributed by atoms with E-state index < -0.39 is 0 Å². The van der Waals surface area contributed by atoms with E-state index in [4.69, 9.17) is 4.42 Å². The second kappa shape index (κ2) is 5.80. The van der Waals surface area contributed by atoms with Gasteiger partial charge in [-0.3, -0.25) is 4.79 Å². The molecule has 0 saturated carbocycles. The molecule has 4 heteroatoms. The first-order valence-corrected chi connectivity index (χ1v) is 7.65. The van der Waals surface area contributed by atoms with Crippen LogP contribution < -0.4 is 0 Å². The van der Waals surface area contributed by atoms with Gasteiger partial charge < -0.3 is 13.9 Å². The van der Waals surface area contributed by atoms with Gasteiger partial charge in [-0.25, -0.2) is 0 Å². The van der Waals surface area contributed by atoms with E-state index >= 15 is 0 Å². The quantitative estimate of drug-likeness (QED) is 0.844. The molecule has 0 bridgehead atoms. The van der Waals surface area contributed by atoms with E-state index in [2.05, 4.69) is 10.6 Å². The van der Waals surface area contributed by atoms with Crippen LogP contribution in [-0.2, 0) is 7.05 Å². The minimum Gasteiger partial charge on any atom is -0.469 e. The molecule has 4 nitrogen and oxygen atoms in total. The van der Waals surface area contributed by atoms with Crippen molar-refractivity contribution < 1.29 is 9.21 Å². The highest BCUT2D eigenvalue weighted by molar-refractivity contribution is 5.95. The summed E-state index contributed by atoms with van der Waals surface area (Å²) in [6, 6.07) is 6.11. The summed E-state index contributed by atoms with van der Waals surface area (Å²) in [4.78, 5) is 14.9. The fraction of sp³-hybridized carbons (Fsp3) is 0.471. The monoisotopic (exact) mass is 286 g/mol. The Balaban J connectivity index is 1.94. The molecule has 0 aromatic carbocycles. The van der Waals surface area contributed by atoms with Crippen molar-refractivity contribution in [2.24, 2.45) is 7.05 Å². The Morgan fingerprint density at radius 3 is 2.81 bits per heavy atom. The Morgan fingerprint density at radius 1 is 1.29 bits per heavy atom. The Kier molecular flexibility index (Phi) is 3.86. The maximum absolute atomic E-state index is 12.9. The third-order valence-corrected chi connectivity index (χ3v) is 4.43. The number of aromatic nitrogens is 1. The Labute approximate surface area is 125 Å². The maximum Gasteiger partial charge on any atom is 0.257 e. The van der Waals surface area contributed by atoms with Crippen LogP contribution >= 0.6 is 0 Å². The van der Waals surface area contributed by atoms with Gasteiger partial charge in [-0.2, -0.15) is 0 Å². The van der Waals surface area contributed by atoms with Crippen molar-refractivity contribution >= 4 is 5.91 Å². The highest BCUT2D eigenvalue weighted by Crippen LogP contribution is 2.31. The molecule has 21 heavy (non-hydrogen) atoms. The zero-order valence-corrected chi connectivity index (χ0v) is 12.7. The molecule has 2 aromatic rings. The Hall–Kier alpha value is -1.97. The van der Waals surface area contributed by atoms with E-state index in [9.17, 15) is 4.79 Å². The number of likely N-dealkylation sites (tertiary alicyclic amines) is 1. The smallest absolute Gasteiger partial charge is 0.257 e. The van der Waals surface area contributed by atoms with Gasteiger partial charge in [0.2, 0.25) is 0 Å². The zero-order valence-electron chi connectivity index (χ0n) is 12.7. The van der Waals surface area contributed by atoms with Crippen LogP contribution in [0.2, 0.25) is 0 Å². The average molecular weight is 286 g/mol. The predicted molar refractivity (Wildman–Crippen MR) is 81.1 cm³/mol. The number of aryl methyl sites for hydroxylation is 2. The molecule has 1 amide bonds. The van der Waals surface area contributed by atoms with E-state index in [0.29, 0.717) is 11.3 Å². The Morgan fingerprint density at radius 2 is 2.14 bits per heavy atom. The van der Waals surface area contributed by atoms with Gasteiger partial charge in [0.1, 0.15) is 5.76 Å². The molecular formula is C17H22N2O2. The van der Waals surface area contributed by atoms with Crippen LogP contribution in [0, 0.1) is 6.92 Å². The zero-order chi connectivity index (χ0) is 14.8. The summed E-state index contributed by atoms with van der Waals surface area (Å²) in [7, 11) is 2.05. The number of rotatable bonds is 2. The summed E-state index contributed by atoms with van der Waals surface area (Å²) in [6.45, 7) is 2.67. The minimum absolute atomic E-state index is 0.0920. The molecule has 2 aromatic heterocycles. The van der Waals surface area contributed by atoms with E-state index in [0.717, 1.165) is 19.4 Å². The number of hydrogen-bond acceptors (Lipinski definition) is 2. The fourth-order valence-electron chi connectivity index (χ4n) is 3.24. The fourth-order valence-corrected chi connectivity index (χ4v) is 3.24. The molecule has 0 spiro atoms. The number of amides is 1. The SMILES string of the molecule is Cc1occc1C(=O)N1CCCCC[C@H]1c1cccn1C. The van der Waals surface area contributed by atoms with Gasteiger partial charge in [0.25, 0.3) is 5.91 Å². The molecular weight excluding hydrogens is 264 g/mol. The average Bonchev–Trinajstić information content (AvgIpc) is 3.00. The normalized spacial score (nSPS) is 19.5. The number of carbonyl (C=O) groups excluding carboxylic acids is 1. The van der Waals surface area contributed by atoms with Crippen LogP contribution in [0.4, 0.5) is 0 Å². The third-order valence-electron chi connectivity index (χ3n) is 4.43. The summed E-state index contributed by atoms with van der Waals surface area (Å²) >= 11 is 0. The van der Waals surface area contributed by atoms with Crippen molar-refractivity contribution in [1.29, 1.82) is 0 Å². The summed E-state index contributed by atoms with van der Waals surface area (Å²) in [6.07, 6.45) is 8.10. The van der Waals surface area contributed by atoms with Crippen LogP contribution in [0.25, 0.3) is 0 Å². The van der Waals surface area contributed by atoms with Crippen molar-refractivity contribution in [1.82, 2.24) is 9.47 Å². The molecule has 3 heterocycles. The molecule has 1 aliphatic heterocycles. The number of furan rings is 1. The molecule has 0 N–H and O–H groups in total. The third kappa shape index (κ3) is 2.62. The number of hydrogen-bond donors (Lipinski definition) is 0. The van der Waals surface area contributed by atoms with Crippen molar-refractivity contribution in [3.05, 3.63) is 47.7 Å². The predicted octanol–water partition coefficient (Wildman–Crippen LogP) is 3.68. The summed E-state index contributed by atoms with van der Waals surface area (Å²) < 4.78 is 7.43. The summed E-state index contributed by atoms with van der Waals surface area (Å²) in [5.74, 6) is 0.796. The first-order chi connectivity index (χ1) is 10.2. The molecule has 0 aliphatic carbocycles. The van der Waals surface area contributed by atoms with Crippen LogP contribution in [-0.4, -0.2) is 21.9 Å². The van der Waals surface area contributed by atoms with Crippen molar-refractivity contribution in [3.63, 3.8) is 0 Å². The van der Waals surface area contributed by atoms with Gasteiger partial charge >= 0.3 is 0 Å². The van der Waals surface area contributed by atoms with Crippen molar-refractivity contribution in [2.75, 3.05) is 6.54 Å². The minimum atomic E-state index is 0.0920. The molecule has 1 saturated heterocycles. The van der Waals surface area contributed by atoms with E-state index in [1.807, 2.05) is 31.1 Å². The number of nitrogens with zero attached hydrogens (tertiary/aromatic N) is 2. The second-order valence-electron chi connectivity index (χ2n) is 5.80. The molecule has 112 valence electrons. The Bertz CT molecular complexity index is 626. The van der Waals surface area contributed by atoms with Crippen molar-refractivity contribution in [3.8, 4) is 0 Å². The van der Waals surface area contributed by atoms with E-state index in [1.54, 1.807) is 12.3 Å². The van der Waals surface area contributed by atoms with E-state index in [-0.39, 0.29) is 11.9 Å². The van der Waals surface area contributed by atoms with E-state index in [1.165, 1.54) is 18.5 Å². The van der Waals surface area contributed by atoms with Crippen LogP contribution in [0.5, 0.6) is 0 Å². The highest BCUT2D eigenvalue weighted by Gasteiger charge is 2.30.